The van der Waals surface area contributed by atoms with E-state index in [1.165, 1.54) is 0 Å². The first-order valence-electron chi connectivity index (χ1n) is 6.26. The summed E-state index contributed by atoms with van der Waals surface area (Å²) in [4.78, 5) is 0. The summed E-state index contributed by atoms with van der Waals surface area (Å²) in [7, 11) is 0. The van der Waals surface area contributed by atoms with Crippen molar-refractivity contribution in [1.29, 1.82) is 0 Å². The number of hydrogen-bond donors (Lipinski definition) is 0. The summed E-state index contributed by atoms with van der Waals surface area (Å²) >= 11 is 5.66. The van der Waals surface area contributed by atoms with Crippen LogP contribution in [0.5, 0.6) is 5.88 Å². The zero-order valence-electron chi connectivity index (χ0n) is 11.0. The summed E-state index contributed by atoms with van der Waals surface area (Å²) in [5, 5.41) is 12.0. The lowest BCUT2D eigenvalue weighted by Gasteiger charge is -2.05. The minimum absolute atomic E-state index is 0.345. The first kappa shape index (κ1) is 13.8. The predicted octanol–water partition coefficient (Wildman–Crippen LogP) is 3.35. The molecule has 0 aliphatic rings. The molecule has 2 heterocycles. The maximum atomic E-state index is 5.66. The number of hydrogen-bond acceptors (Lipinski definition) is 5. The number of ether oxygens (including phenoxy) is 1. The van der Waals surface area contributed by atoms with Crippen LogP contribution in [-0.2, 0) is 13.0 Å². The minimum Gasteiger partial charge on any atom is -0.472 e. The maximum absolute atomic E-state index is 5.66. The smallest absolute Gasteiger partial charge is 0.233 e. The standard InChI is InChI=1S/C13H16ClN3O2/c1-3-4-5-11-10(9(2)19-17-11)8-18-13-7-6-12(14)15-16-13/h6-7H,3-5,8H2,1-2H3. The average molecular weight is 282 g/mol. The van der Waals surface area contributed by atoms with Crippen LogP contribution < -0.4 is 4.74 Å². The van der Waals surface area contributed by atoms with Gasteiger partial charge in [0.05, 0.1) is 11.3 Å². The van der Waals surface area contributed by atoms with Crippen LogP contribution in [0.15, 0.2) is 16.7 Å². The van der Waals surface area contributed by atoms with Gasteiger partial charge in [-0.1, -0.05) is 30.1 Å². The Hall–Kier alpha value is -1.62. The Kier molecular flexibility index (Phi) is 4.74. The molecule has 5 nitrogen and oxygen atoms in total. The molecular weight excluding hydrogens is 266 g/mol. The molecule has 6 heteroatoms. The van der Waals surface area contributed by atoms with Gasteiger partial charge >= 0.3 is 0 Å². The summed E-state index contributed by atoms with van der Waals surface area (Å²) in [5.74, 6) is 1.22. The van der Waals surface area contributed by atoms with Crippen LogP contribution in [0.1, 0.15) is 36.8 Å². The highest BCUT2D eigenvalue weighted by Gasteiger charge is 2.13. The van der Waals surface area contributed by atoms with E-state index in [-0.39, 0.29) is 0 Å². The molecule has 0 atom stereocenters. The molecule has 0 radical (unpaired) electrons. The summed E-state index contributed by atoms with van der Waals surface area (Å²) in [6, 6.07) is 3.33. The third kappa shape index (κ3) is 3.67. The van der Waals surface area contributed by atoms with Gasteiger partial charge < -0.3 is 9.26 Å². The van der Waals surface area contributed by atoms with Crippen molar-refractivity contribution in [1.82, 2.24) is 15.4 Å². The molecule has 0 aliphatic carbocycles. The molecule has 19 heavy (non-hydrogen) atoms. The molecule has 0 amide bonds. The fourth-order valence-electron chi connectivity index (χ4n) is 1.69. The van der Waals surface area contributed by atoms with Crippen molar-refractivity contribution >= 4 is 11.6 Å². The topological polar surface area (TPSA) is 61.0 Å². The number of aromatic nitrogens is 3. The van der Waals surface area contributed by atoms with Gasteiger partial charge in [0, 0.05) is 6.07 Å². The number of aryl methyl sites for hydroxylation is 2. The summed E-state index contributed by atoms with van der Waals surface area (Å²) in [5.41, 5.74) is 1.95. The van der Waals surface area contributed by atoms with Crippen LogP contribution in [0.25, 0.3) is 0 Å². The zero-order valence-corrected chi connectivity index (χ0v) is 11.8. The van der Waals surface area contributed by atoms with Crippen LogP contribution in [0, 0.1) is 6.92 Å². The molecule has 0 saturated heterocycles. The Morgan fingerprint density at radius 3 is 2.84 bits per heavy atom. The van der Waals surface area contributed by atoms with Crippen LogP contribution >= 0.6 is 11.6 Å². The van der Waals surface area contributed by atoms with Crippen LogP contribution in [-0.4, -0.2) is 15.4 Å². The van der Waals surface area contributed by atoms with E-state index < -0.39 is 0 Å². The second kappa shape index (κ2) is 6.52. The highest BCUT2D eigenvalue weighted by molar-refractivity contribution is 6.29. The summed E-state index contributed by atoms with van der Waals surface area (Å²) < 4.78 is 10.8. The Morgan fingerprint density at radius 1 is 1.32 bits per heavy atom. The first-order valence-corrected chi connectivity index (χ1v) is 6.64. The molecule has 0 unspecified atom stereocenters. The van der Waals surface area contributed by atoms with E-state index in [4.69, 9.17) is 20.9 Å². The molecule has 0 aliphatic heterocycles. The highest BCUT2D eigenvalue weighted by Crippen LogP contribution is 2.18. The van der Waals surface area contributed by atoms with Crippen LogP contribution in [0.3, 0.4) is 0 Å². The lowest BCUT2D eigenvalue weighted by molar-refractivity contribution is 0.286. The summed E-state index contributed by atoms with van der Waals surface area (Å²) in [6.07, 6.45) is 3.10. The zero-order chi connectivity index (χ0) is 13.7. The van der Waals surface area contributed by atoms with E-state index in [0.29, 0.717) is 17.6 Å². The number of halogens is 1. The molecule has 0 aromatic carbocycles. The van der Waals surface area contributed by atoms with Gasteiger partial charge in [-0.3, -0.25) is 0 Å². The maximum Gasteiger partial charge on any atom is 0.233 e. The van der Waals surface area contributed by atoms with Crippen molar-refractivity contribution in [3.05, 3.63) is 34.3 Å². The van der Waals surface area contributed by atoms with E-state index in [2.05, 4.69) is 22.3 Å². The molecule has 102 valence electrons. The van der Waals surface area contributed by atoms with Crippen molar-refractivity contribution in [2.75, 3.05) is 0 Å². The lowest BCUT2D eigenvalue weighted by Crippen LogP contribution is -2.02. The fraction of sp³-hybridized carbons (Fsp3) is 0.462. The lowest BCUT2D eigenvalue weighted by atomic mass is 10.1. The Bertz CT molecular complexity index is 525. The van der Waals surface area contributed by atoms with Crippen LogP contribution in [0.2, 0.25) is 5.15 Å². The third-order valence-corrected chi connectivity index (χ3v) is 3.01. The monoisotopic (exact) mass is 281 g/mol. The second-order valence-corrected chi connectivity index (χ2v) is 4.64. The van der Waals surface area contributed by atoms with E-state index >= 15 is 0 Å². The largest absolute Gasteiger partial charge is 0.472 e. The van der Waals surface area contributed by atoms with Crippen molar-refractivity contribution < 1.29 is 9.26 Å². The molecule has 2 rings (SSSR count). The number of rotatable bonds is 6. The molecule has 2 aromatic rings. The fourth-order valence-corrected chi connectivity index (χ4v) is 1.79. The molecule has 0 fully saturated rings. The van der Waals surface area contributed by atoms with Gasteiger partial charge in [-0.05, 0) is 25.8 Å². The minimum atomic E-state index is 0.345. The Labute approximate surface area is 116 Å². The van der Waals surface area contributed by atoms with Crippen molar-refractivity contribution in [2.24, 2.45) is 0 Å². The molecule has 0 N–H and O–H groups in total. The van der Waals surface area contributed by atoms with E-state index in [1.54, 1.807) is 12.1 Å². The number of nitrogens with zero attached hydrogens (tertiary/aromatic N) is 3. The first-order chi connectivity index (χ1) is 9.20. The third-order valence-electron chi connectivity index (χ3n) is 2.81. The van der Waals surface area contributed by atoms with Gasteiger partial charge in [-0.15, -0.1) is 10.2 Å². The van der Waals surface area contributed by atoms with Crippen molar-refractivity contribution in [3.8, 4) is 5.88 Å². The predicted molar refractivity (Wildman–Crippen MR) is 71.2 cm³/mol. The normalized spacial score (nSPS) is 10.7. The van der Waals surface area contributed by atoms with Gasteiger partial charge in [0.2, 0.25) is 5.88 Å². The van der Waals surface area contributed by atoms with Gasteiger partial charge in [-0.2, -0.15) is 0 Å². The van der Waals surface area contributed by atoms with Crippen molar-refractivity contribution in [2.45, 2.75) is 39.7 Å². The van der Waals surface area contributed by atoms with Gasteiger partial charge in [0.1, 0.15) is 12.4 Å². The summed E-state index contributed by atoms with van der Waals surface area (Å²) in [6.45, 7) is 4.41. The number of unbranched alkanes of at least 4 members (excludes halogenated alkanes) is 1. The van der Waals surface area contributed by atoms with Crippen molar-refractivity contribution in [3.63, 3.8) is 0 Å². The van der Waals surface area contributed by atoms with Gasteiger partial charge in [0.15, 0.2) is 5.15 Å². The van der Waals surface area contributed by atoms with Crippen LogP contribution in [0.4, 0.5) is 0 Å². The SMILES string of the molecule is CCCCc1noc(C)c1COc1ccc(Cl)nn1. The van der Waals surface area contributed by atoms with E-state index in [0.717, 1.165) is 36.3 Å². The highest BCUT2D eigenvalue weighted by atomic mass is 35.5. The second-order valence-electron chi connectivity index (χ2n) is 4.25. The van der Waals surface area contributed by atoms with E-state index in [1.807, 2.05) is 6.92 Å². The van der Waals surface area contributed by atoms with Gasteiger partial charge in [0.25, 0.3) is 0 Å². The molecule has 0 saturated carbocycles. The molecule has 0 spiro atoms. The Morgan fingerprint density at radius 2 is 2.16 bits per heavy atom. The Balaban J connectivity index is 2.02. The van der Waals surface area contributed by atoms with E-state index in [9.17, 15) is 0 Å². The van der Waals surface area contributed by atoms with Gasteiger partial charge in [-0.25, -0.2) is 0 Å². The average Bonchev–Trinajstić information content (AvgIpc) is 2.76. The molecular formula is C13H16ClN3O2. The molecule has 2 aromatic heterocycles. The quantitative estimate of drug-likeness (QED) is 0.812. The molecule has 0 bridgehead atoms.